The van der Waals surface area contributed by atoms with Crippen LogP contribution in [0.3, 0.4) is 0 Å². The topological polar surface area (TPSA) is 18.5 Å². The van der Waals surface area contributed by atoms with Gasteiger partial charge in [-0.2, -0.15) is 0 Å². The average Bonchev–Trinajstić information content (AvgIpc) is 2.42. The molecule has 19 heavy (non-hydrogen) atoms. The molecule has 2 nitrogen and oxygen atoms in total. The van der Waals surface area contributed by atoms with Gasteiger partial charge in [0.15, 0.2) is 0 Å². The second kappa shape index (κ2) is 12.9. The first-order valence-corrected chi connectivity index (χ1v) is 10.5. The summed E-state index contributed by atoms with van der Waals surface area (Å²) in [5, 5.41) is 0. The number of rotatable bonds is 14. The van der Waals surface area contributed by atoms with Crippen LogP contribution >= 0.6 is 0 Å². The van der Waals surface area contributed by atoms with Crippen molar-refractivity contribution in [3.8, 4) is 0 Å². The average molecular weight is 287 g/mol. The molecule has 0 fully saturated rings. The highest BCUT2D eigenvalue weighted by Crippen LogP contribution is 2.12. The van der Waals surface area contributed by atoms with Gasteiger partial charge < -0.3 is 8.85 Å². The van der Waals surface area contributed by atoms with E-state index in [2.05, 4.69) is 27.0 Å². The molecule has 0 N–H and O–H groups in total. The van der Waals surface area contributed by atoms with Gasteiger partial charge in [0.1, 0.15) is 0 Å². The summed E-state index contributed by atoms with van der Waals surface area (Å²) in [5.74, 6) is 0. The van der Waals surface area contributed by atoms with Crippen LogP contribution in [0, 0.1) is 0 Å². The molecular formula is C16H34O2Si. The molecule has 114 valence electrons. The Kier molecular flexibility index (Phi) is 12.8. The van der Waals surface area contributed by atoms with E-state index in [0.717, 1.165) is 26.1 Å². The maximum Gasteiger partial charge on any atom is 0.361 e. The smallest absolute Gasteiger partial charge is 0.361 e. The van der Waals surface area contributed by atoms with Crippen molar-refractivity contribution in [2.24, 2.45) is 0 Å². The Hall–Kier alpha value is -0.123. The minimum atomic E-state index is -2.09. The highest BCUT2D eigenvalue weighted by molar-refractivity contribution is 6.71. The van der Waals surface area contributed by atoms with Crippen molar-refractivity contribution in [1.82, 2.24) is 0 Å². The maximum atomic E-state index is 5.96. The molecule has 0 aromatic rings. The third-order valence-corrected chi connectivity index (χ3v) is 5.69. The second-order valence-electron chi connectivity index (χ2n) is 5.39. The molecule has 0 bridgehead atoms. The van der Waals surface area contributed by atoms with Crippen molar-refractivity contribution in [2.75, 3.05) is 13.2 Å². The zero-order valence-corrected chi connectivity index (χ0v) is 14.4. The first kappa shape index (κ1) is 18.9. The van der Waals surface area contributed by atoms with E-state index in [4.69, 9.17) is 8.85 Å². The Balaban J connectivity index is 3.61. The predicted molar refractivity (Wildman–Crippen MR) is 86.6 cm³/mol. The molecule has 0 aliphatic carbocycles. The summed E-state index contributed by atoms with van der Waals surface area (Å²) in [6, 6.07) is 0. The van der Waals surface area contributed by atoms with E-state index in [9.17, 15) is 0 Å². The quantitative estimate of drug-likeness (QED) is 0.316. The lowest BCUT2D eigenvalue weighted by molar-refractivity contribution is 0.177. The lowest BCUT2D eigenvalue weighted by Crippen LogP contribution is -2.37. The van der Waals surface area contributed by atoms with E-state index in [-0.39, 0.29) is 0 Å². The van der Waals surface area contributed by atoms with Gasteiger partial charge in [0.25, 0.3) is 0 Å². The van der Waals surface area contributed by atoms with E-state index < -0.39 is 8.56 Å². The monoisotopic (exact) mass is 286 g/mol. The first-order valence-electron chi connectivity index (χ1n) is 8.10. The fourth-order valence-corrected chi connectivity index (χ4v) is 3.36. The zero-order chi connectivity index (χ0) is 14.4. The van der Waals surface area contributed by atoms with Crippen molar-refractivity contribution < 1.29 is 8.85 Å². The molecule has 3 heteroatoms. The molecule has 0 saturated heterocycles. The molecule has 0 aliphatic rings. The van der Waals surface area contributed by atoms with Crippen LogP contribution in [0.1, 0.15) is 71.6 Å². The lowest BCUT2D eigenvalue weighted by Gasteiger charge is -2.23. The maximum absolute atomic E-state index is 5.96. The molecule has 0 spiro atoms. The van der Waals surface area contributed by atoms with Crippen LogP contribution in [0.5, 0.6) is 0 Å². The van der Waals surface area contributed by atoms with E-state index >= 15 is 0 Å². The fourth-order valence-electron chi connectivity index (χ4n) is 1.94. The van der Waals surface area contributed by atoms with Crippen LogP contribution in [-0.4, -0.2) is 21.8 Å². The molecular weight excluding hydrogens is 252 g/mol. The second-order valence-corrected chi connectivity index (χ2v) is 8.41. The number of hydrogen-bond acceptors (Lipinski definition) is 2. The lowest BCUT2D eigenvalue weighted by atomic mass is 10.2. The van der Waals surface area contributed by atoms with Gasteiger partial charge in [-0.05, 0) is 25.1 Å². The minimum absolute atomic E-state index is 0.824. The van der Waals surface area contributed by atoms with Crippen molar-refractivity contribution in [3.05, 3.63) is 12.3 Å². The molecule has 0 amide bonds. The van der Waals surface area contributed by atoms with Gasteiger partial charge in [0.2, 0.25) is 0 Å². The Morgan fingerprint density at radius 2 is 1.21 bits per heavy atom. The van der Waals surface area contributed by atoms with Gasteiger partial charge in [0.05, 0.1) is 0 Å². The SMILES string of the molecule is C=C[Si](C)(OCCCCCC)OCCCCCCC. The molecule has 0 aliphatic heterocycles. The van der Waals surface area contributed by atoms with Crippen LogP contribution in [0.25, 0.3) is 0 Å². The molecule has 1 unspecified atom stereocenters. The number of hydrogen-bond donors (Lipinski definition) is 0. The van der Waals surface area contributed by atoms with Gasteiger partial charge in [-0.3, -0.25) is 0 Å². The third kappa shape index (κ3) is 11.4. The van der Waals surface area contributed by atoms with Crippen LogP contribution < -0.4 is 0 Å². The number of unbranched alkanes of at least 4 members (excludes halogenated alkanes) is 7. The van der Waals surface area contributed by atoms with Gasteiger partial charge >= 0.3 is 8.56 Å². The van der Waals surface area contributed by atoms with E-state index in [1.807, 2.05) is 5.70 Å². The molecule has 0 saturated carbocycles. The van der Waals surface area contributed by atoms with Crippen molar-refractivity contribution in [2.45, 2.75) is 78.2 Å². The first-order chi connectivity index (χ1) is 9.18. The van der Waals surface area contributed by atoms with Gasteiger partial charge in [-0.1, -0.05) is 58.8 Å². The van der Waals surface area contributed by atoms with Crippen LogP contribution in [-0.2, 0) is 8.85 Å². The van der Waals surface area contributed by atoms with Gasteiger partial charge in [-0.25, -0.2) is 0 Å². The van der Waals surface area contributed by atoms with Crippen LogP contribution in [0.15, 0.2) is 12.3 Å². The standard InChI is InChI=1S/C16H34O2Si/c1-5-8-10-12-14-16-18-19(4,7-3)17-15-13-11-9-6-2/h7H,3,5-6,8-16H2,1-2,4H3. The molecule has 0 rings (SSSR count). The third-order valence-electron chi connectivity index (χ3n) is 3.39. The summed E-state index contributed by atoms with van der Waals surface area (Å²) in [5.41, 5.74) is 1.92. The van der Waals surface area contributed by atoms with Crippen molar-refractivity contribution in [1.29, 1.82) is 0 Å². The largest absolute Gasteiger partial charge is 0.391 e. The predicted octanol–water partition coefficient (Wildman–Crippen LogP) is 5.37. The Morgan fingerprint density at radius 1 is 0.789 bits per heavy atom. The zero-order valence-electron chi connectivity index (χ0n) is 13.4. The summed E-state index contributed by atoms with van der Waals surface area (Å²) in [6.07, 6.45) is 11.3. The van der Waals surface area contributed by atoms with Crippen molar-refractivity contribution >= 4 is 8.56 Å². The Labute approximate surface area is 121 Å². The summed E-state index contributed by atoms with van der Waals surface area (Å²) in [7, 11) is -2.09. The summed E-state index contributed by atoms with van der Waals surface area (Å²) in [4.78, 5) is 0. The fraction of sp³-hybridized carbons (Fsp3) is 0.875. The molecule has 0 radical (unpaired) electrons. The van der Waals surface area contributed by atoms with Gasteiger partial charge in [0, 0.05) is 13.2 Å². The highest BCUT2D eigenvalue weighted by Gasteiger charge is 2.26. The molecule has 0 aromatic heterocycles. The summed E-state index contributed by atoms with van der Waals surface area (Å²) >= 11 is 0. The van der Waals surface area contributed by atoms with E-state index in [1.165, 1.54) is 44.9 Å². The Bertz CT molecular complexity index is 209. The highest BCUT2D eigenvalue weighted by atomic mass is 28.4. The molecule has 0 heterocycles. The minimum Gasteiger partial charge on any atom is -0.391 e. The Morgan fingerprint density at radius 3 is 1.63 bits per heavy atom. The molecule has 0 aromatic carbocycles. The van der Waals surface area contributed by atoms with Crippen molar-refractivity contribution in [3.63, 3.8) is 0 Å². The van der Waals surface area contributed by atoms with Gasteiger partial charge in [-0.15, -0.1) is 6.58 Å². The summed E-state index contributed by atoms with van der Waals surface area (Å²) < 4.78 is 11.9. The van der Waals surface area contributed by atoms with E-state index in [0.29, 0.717) is 0 Å². The summed E-state index contributed by atoms with van der Waals surface area (Å²) in [6.45, 7) is 12.1. The van der Waals surface area contributed by atoms with E-state index in [1.54, 1.807) is 0 Å². The molecule has 1 atom stereocenters. The van der Waals surface area contributed by atoms with Crippen LogP contribution in [0.2, 0.25) is 6.55 Å². The van der Waals surface area contributed by atoms with Crippen LogP contribution in [0.4, 0.5) is 0 Å². The normalized spacial score (nSPS) is 14.3.